The quantitative estimate of drug-likeness (QED) is 0.782. The van der Waals surface area contributed by atoms with Crippen molar-refractivity contribution in [2.75, 3.05) is 20.1 Å². The molecule has 0 spiro atoms. The Morgan fingerprint density at radius 1 is 1.16 bits per heavy atom. The van der Waals surface area contributed by atoms with E-state index in [0.29, 0.717) is 6.42 Å². The summed E-state index contributed by atoms with van der Waals surface area (Å²) in [5.41, 5.74) is 4.56. The number of rotatable bonds is 6. The molecule has 0 atom stereocenters. The summed E-state index contributed by atoms with van der Waals surface area (Å²) in [5, 5.41) is 0. The number of hydrogen-bond donors (Lipinski definition) is 0. The standard InChI is InChI=1S/C17H25NO/c1-14(19)9-11-18(2)12-10-15-7-8-16-5-3-4-6-17(16)13-15/h7-8,13H,3-6,9-12H2,1-2H3. The molecule has 0 heterocycles. The molecular formula is C17H25NO. The maximum atomic E-state index is 11.0. The number of aryl methyl sites for hydroxylation is 2. The third kappa shape index (κ3) is 4.46. The molecule has 1 aliphatic carbocycles. The first kappa shape index (κ1) is 14.3. The number of carbonyl (C=O) groups is 1. The average Bonchev–Trinajstić information content (AvgIpc) is 2.42. The van der Waals surface area contributed by atoms with Gasteiger partial charge in [-0.3, -0.25) is 4.79 Å². The predicted octanol–water partition coefficient (Wildman–Crippen LogP) is 3.02. The van der Waals surface area contributed by atoms with Crippen LogP contribution in [-0.2, 0) is 24.1 Å². The average molecular weight is 259 g/mol. The highest BCUT2D eigenvalue weighted by atomic mass is 16.1. The molecule has 104 valence electrons. The van der Waals surface area contributed by atoms with Crippen LogP contribution in [0.25, 0.3) is 0 Å². The molecule has 0 amide bonds. The number of benzene rings is 1. The van der Waals surface area contributed by atoms with E-state index >= 15 is 0 Å². The number of nitrogens with zero attached hydrogens (tertiary/aromatic N) is 1. The van der Waals surface area contributed by atoms with Crippen LogP contribution in [0.2, 0.25) is 0 Å². The summed E-state index contributed by atoms with van der Waals surface area (Å²) in [6, 6.07) is 7.00. The highest BCUT2D eigenvalue weighted by Crippen LogP contribution is 2.22. The summed E-state index contributed by atoms with van der Waals surface area (Å²) in [7, 11) is 2.10. The second kappa shape index (κ2) is 6.85. The smallest absolute Gasteiger partial charge is 0.131 e. The minimum atomic E-state index is 0.278. The fourth-order valence-electron chi connectivity index (χ4n) is 2.72. The summed E-state index contributed by atoms with van der Waals surface area (Å²) in [6.07, 6.45) is 6.95. The highest BCUT2D eigenvalue weighted by Gasteiger charge is 2.09. The van der Waals surface area contributed by atoms with Crippen LogP contribution in [0.5, 0.6) is 0 Å². The normalized spacial score (nSPS) is 14.5. The summed E-state index contributed by atoms with van der Waals surface area (Å²) in [5.74, 6) is 0.278. The Balaban J connectivity index is 1.84. The van der Waals surface area contributed by atoms with E-state index in [1.54, 1.807) is 18.1 Å². The molecule has 0 N–H and O–H groups in total. The minimum Gasteiger partial charge on any atom is -0.306 e. The van der Waals surface area contributed by atoms with Gasteiger partial charge in [0, 0.05) is 19.5 Å². The van der Waals surface area contributed by atoms with Crippen molar-refractivity contribution in [3.8, 4) is 0 Å². The van der Waals surface area contributed by atoms with E-state index in [-0.39, 0.29) is 5.78 Å². The van der Waals surface area contributed by atoms with E-state index in [1.807, 2.05) is 0 Å². The number of carbonyl (C=O) groups excluding carboxylic acids is 1. The molecule has 0 aromatic heterocycles. The van der Waals surface area contributed by atoms with Gasteiger partial charge in [0.15, 0.2) is 0 Å². The lowest BCUT2D eigenvalue weighted by Crippen LogP contribution is -2.23. The maximum Gasteiger partial charge on any atom is 0.131 e. The van der Waals surface area contributed by atoms with Crippen LogP contribution in [0, 0.1) is 0 Å². The number of ketones is 1. The molecule has 0 aliphatic heterocycles. The van der Waals surface area contributed by atoms with Crippen molar-refractivity contribution in [1.82, 2.24) is 4.90 Å². The Morgan fingerprint density at radius 2 is 1.89 bits per heavy atom. The molecule has 1 aromatic carbocycles. The summed E-state index contributed by atoms with van der Waals surface area (Å²) < 4.78 is 0. The lowest BCUT2D eigenvalue weighted by atomic mass is 9.90. The molecule has 1 aliphatic rings. The summed E-state index contributed by atoms with van der Waals surface area (Å²) >= 11 is 0. The third-order valence-electron chi connectivity index (χ3n) is 4.04. The van der Waals surface area contributed by atoms with Gasteiger partial charge in [0.25, 0.3) is 0 Å². The Labute approximate surface area is 116 Å². The Kier molecular flexibility index (Phi) is 5.15. The van der Waals surface area contributed by atoms with Gasteiger partial charge in [-0.15, -0.1) is 0 Å². The molecule has 0 unspecified atom stereocenters. The summed E-state index contributed by atoms with van der Waals surface area (Å²) in [6.45, 7) is 3.57. The Hall–Kier alpha value is -1.15. The molecule has 19 heavy (non-hydrogen) atoms. The van der Waals surface area contributed by atoms with Gasteiger partial charge in [0.2, 0.25) is 0 Å². The van der Waals surface area contributed by atoms with E-state index in [4.69, 9.17) is 0 Å². The molecule has 0 bridgehead atoms. The van der Waals surface area contributed by atoms with Crippen molar-refractivity contribution >= 4 is 5.78 Å². The fourth-order valence-corrected chi connectivity index (χ4v) is 2.72. The van der Waals surface area contributed by atoms with Gasteiger partial charge in [-0.05, 0) is 62.8 Å². The van der Waals surface area contributed by atoms with Crippen LogP contribution in [0.4, 0.5) is 0 Å². The highest BCUT2D eigenvalue weighted by molar-refractivity contribution is 5.75. The first-order chi connectivity index (χ1) is 9.15. The van der Waals surface area contributed by atoms with Gasteiger partial charge >= 0.3 is 0 Å². The zero-order chi connectivity index (χ0) is 13.7. The van der Waals surface area contributed by atoms with E-state index in [0.717, 1.165) is 19.5 Å². The van der Waals surface area contributed by atoms with Gasteiger partial charge in [0.1, 0.15) is 5.78 Å². The van der Waals surface area contributed by atoms with Gasteiger partial charge in [-0.2, -0.15) is 0 Å². The molecule has 2 rings (SSSR count). The third-order valence-corrected chi connectivity index (χ3v) is 4.04. The SMILES string of the molecule is CC(=O)CCN(C)CCc1ccc2c(c1)CCCC2. The van der Waals surface area contributed by atoms with Crippen LogP contribution >= 0.6 is 0 Å². The monoisotopic (exact) mass is 259 g/mol. The molecular weight excluding hydrogens is 234 g/mol. The molecule has 2 heteroatoms. The van der Waals surface area contributed by atoms with E-state index in [2.05, 4.69) is 30.1 Å². The van der Waals surface area contributed by atoms with Gasteiger partial charge in [-0.25, -0.2) is 0 Å². The zero-order valence-electron chi connectivity index (χ0n) is 12.2. The van der Waals surface area contributed by atoms with Crippen molar-refractivity contribution in [3.05, 3.63) is 34.9 Å². The van der Waals surface area contributed by atoms with Crippen molar-refractivity contribution in [3.63, 3.8) is 0 Å². The molecule has 0 saturated heterocycles. The van der Waals surface area contributed by atoms with Crippen molar-refractivity contribution in [2.24, 2.45) is 0 Å². The lowest BCUT2D eigenvalue weighted by Gasteiger charge is -2.18. The van der Waals surface area contributed by atoms with Crippen LogP contribution in [0.15, 0.2) is 18.2 Å². The summed E-state index contributed by atoms with van der Waals surface area (Å²) in [4.78, 5) is 13.2. The molecule has 0 radical (unpaired) electrons. The lowest BCUT2D eigenvalue weighted by molar-refractivity contribution is -0.117. The zero-order valence-corrected chi connectivity index (χ0v) is 12.2. The Bertz CT molecular complexity index is 439. The Morgan fingerprint density at radius 3 is 2.63 bits per heavy atom. The fraction of sp³-hybridized carbons (Fsp3) is 0.588. The molecule has 0 fully saturated rings. The topological polar surface area (TPSA) is 20.3 Å². The van der Waals surface area contributed by atoms with Crippen molar-refractivity contribution < 1.29 is 4.79 Å². The van der Waals surface area contributed by atoms with Gasteiger partial charge < -0.3 is 4.90 Å². The van der Waals surface area contributed by atoms with Crippen molar-refractivity contribution in [1.29, 1.82) is 0 Å². The maximum absolute atomic E-state index is 11.0. The first-order valence-corrected chi connectivity index (χ1v) is 7.44. The largest absolute Gasteiger partial charge is 0.306 e. The first-order valence-electron chi connectivity index (χ1n) is 7.44. The van der Waals surface area contributed by atoms with Crippen LogP contribution in [-0.4, -0.2) is 30.8 Å². The number of hydrogen-bond acceptors (Lipinski definition) is 2. The molecule has 0 saturated carbocycles. The van der Waals surface area contributed by atoms with E-state index in [9.17, 15) is 4.79 Å². The number of fused-ring (bicyclic) bond motifs is 1. The minimum absolute atomic E-state index is 0.278. The molecule has 2 nitrogen and oxygen atoms in total. The van der Waals surface area contributed by atoms with Crippen LogP contribution < -0.4 is 0 Å². The predicted molar refractivity (Wildman–Crippen MR) is 79.6 cm³/mol. The van der Waals surface area contributed by atoms with E-state index < -0.39 is 0 Å². The second-order valence-electron chi connectivity index (χ2n) is 5.82. The number of Topliss-reactive ketones (excluding diaryl/α,β-unsaturated/α-hetero) is 1. The van der Waals surface area contributed by atoms with Crippen LogP contribution in [0.3, 0.4) is 0 Å². The second-order valence-corrected chi connectivity index (χ2v) is 5.82. The number of likely N-dealkylation sites (N-methyl/N-ethyl adjacent to an activating group) is 1. The molecule has 1 aromatic rings. The van der Waals surface area contributed by atoms with E-state index in [1.165, 1.54) is 31.2 Å². The van der Waals surface area contributed by atoms with Crippen LogP contribution in [0.1, 0.15) is 42.9 Å². The van der Waals surface area contributed by atoms with Gasteiger partial charge in [0.05, 0.1) is 0 Å². The van der Waals surface area contributed by atoms with Crippen molar-refractivity contribution in [2.45, 2.75) is 45.4 Å². The van der Waals surface area contributed by atoms with Gasteiger partial charge in [-0.1, -0.05) is 18.2 Å².